The number of hydrogen-bond acceptors (Lipinski definition) is 5. The van der Waals surface area contributed by atoms with Crippen molar-refractivity contribution in [3.8, 4) is 0 Å². The Hall–Kier alpha value is -1.40. The molecule has 1 amide bonds. The van der Waals surface area contributed by atoms with E-state index < -0.39 is 0 Å². The van der Waals surface area contributed by atoms with E-state index in [9.17, 15) is 4.79 Å². The standard InChI is InChI=1S/C15H26N4O2/c1-3-19(4-2)15(20)13-18-8-5-7-17(9-10-18)12-14-6-11-21-16-14/h6,11H,3-5,7-10,12-13H2,1-2H3. The van der Waals surface area contributed by atoms with E-state index in [0.29, 0.717) is 6.54 Å². The summed E-state index contributed by atoms with van der Waals surface area (Å²) in [7, 11) is 0. The molecular weight excluding hydrogens is 268 g/mol. The summed E-state index contributed by atoms with van der Waals surface area (Å²) in [6.07, 6.45) is 2.70. The van der Waals surface area contributed by atoms with E-state index in [1.807, 2.05) is 24.8 Å². The van der Waals surface area contributed by atoms with Gasteiger partial charge in [-0.2, -0.15) is 0 Å². The Morgan fingerprint density at radius 2 is 1.95 bits per heavy atom. The summed E-state index contributed by atoms with van der Waals surface area (Å²) in [6, 6.07) is 1.91. The first-order valence-electron chi connectivity index (χ1n) is 7.84. The maximum absolute atomic E-state index is 12.2. The highest BCUT2D eigenvalue weighted by Gasteiger charge is 2.19. The summed E-state index contributed by atoms with van der Waals surface area (Å²) in [5.41, 5.74) is 0.975. The largest absolute Gasteiger partial charge is 0.364 e. The van der Waals surface area contributed by atoms with Crippen molar-refractivity contribution in [2.45, 2.75) is 26.8 Å². The zero-order valence-electron chi connectivity index (χ0n) is 13.1. The monoisotopic (exact) mass is 294 g/mol. The van der Waals surface area contributed by atoms with Gasteiger partial charge in [0, 0.05) is 38.8 Å². The zero-order valence-corrected chi connectivity index (χ0v) is 13.1. The Kier molecular flexibility index (Phi) is 6.20. The molecule has 6 heteroatoms. The van der Waals surface area contributed by atoms with Crippen molar-refractivity contribution in [2.75, 3.05) is 45.8 Å². The molecule has 1 aliphatic heterocycles. The van der Waals surface area contributed by atoms with E-state index in [2.05, 4.69) is 15.0 Å². The van der Waals surface area contributed by atoms with E-state index in [1.54, 1.807) is 6.26 Å². The number of nitrogens with zero attached hydrogens (tertiary/aromatic N) is 4. The molecule has 1 fully saturated rings. The number of likely N-dealkylation sites (N-methyl/N-ethyl adjacent to an activating group) is 1. The van der Waals surface area contributed by atoms with E-state index >= 15 is 0 Å². The third kappa shape index (κ3) is 4.82. The Morgan fingerprint density at radius 3 is 2.62 bits per heavy atom. The van der Waals surface area contributed by atoms with Crippen LogP contribution in [0.3, 0.4) is 0 Å². The van der Waals surface area contributed by atoms with Gasteiger partial charge < -0.3 is 9.42 Å². The summed E-state index contributed by atoms with van der Waals surface area (Å²) in [5, 5.41) is 3.96. The summed E-state index contributed by atoms with van der Waals surface area (Å²) < 4.78 is 4.87. The lowest BCUT2D eigenvalue weighted by Crippen LogP contribution is -2.41. The van der Waals surface area contributed by atoms with Crippen LogP contribution in [0.1, 0.15) is 26.0 Å². The number of rotatable bonds is 6. The smallest absolute Gasteiger partial charge is 0.236 e. The first-order valence-corrected chi connectivity index (χ1v) is 7.84. The van der Waals surface area contributed by atoms with Crippen LogP contribution in [0.25, 0.3) is 0 Å². The minimum Gasteiger partial charge on any atom is -0.364 e. The predicted molar refractivity (Wildman–Crippen MR) is 80.8 cm³/mol. The van der Waals surface area contributed by atoms with Crippen LogP contribution in [-0.2, 0) is 11.3 Å². The quantitative estimate of drug-likeness (QED) is 0.785. The van der Waals surface area contributed by atoms with Crippen LogP contribution in [0.5, 0.6) is 0 Å². The normalized spacial score (nSPS) is 17.6. The average molecular weight is 294 g/mol. The highest BCUT2D eigenvalue weighted by molar-refractivity contribution is 5.78. The molecule has 1 saturated heterocycles. The molecule has 6 nitrogen and oxygen atoms in total. The van der Waals surface area contributed by atoms with Gasteiger partial charge in [0.1, 0.15) is 6.26 Å². The number of hydrogen-bond donors (Lipinski definition) is 0. The predicted octanol–water partition coefficient (Wildman–Crippen LogP) is 1.05. The lowest BCUT2D eigenvalue weighted by atomic mass is 10.3. The molecule has 0 N–H and O–H groups in total. The third-order valence-electron chi connectivity index (χ3n) is 4.03. The van der Waals surface area contributed by atoms with Gasteiger partial charge in [-0.1, -0.05) is 5.16 Å². The number of carbonyl (C=O) groups is 1. The van der Waals surface area contributed by atoms with Crippen LogP contribution in [-0.4, -0.2) is 71.6 Å². The second kappa shape index (κ2) is 8.14. The molecular formula is C15H26N4O2. The topological polar surface area (TPSA) is 52.8 Å². The molecule has 0 aliphatic carbocycles. The molecule has 21 heavy (non-hydrogen) atoms. The van der Waals surface area contributed by atoms with E-state index in [1.165, 1.54) is 0 Å². The van der Waals surface area contributed by atoms with Crippen molar-refractivity contribution in [1.29, 1.82) is 0 Å². The number of carbonyl (C=O) groups excluding carboxylic acids is 1. The molecule has 1 aromatic rings. The molecule has 0 unspecified atom stereocenters. The maximum Gasteiger partial charge on any atom is 0.236 e. The number of aromatic nitrogens is 1. The highest BCUT2D eigenvalue weighted by Crippen LogP contribution is 2.08. The molecule has 0 atom stereocenters. The van der Waals surface area contributed by atoms with Crippen molar-refractivity contribution < 1.29 is 9.32 Å². The Balaban J connectivity index is 1.79. The second-order valence-corrected chi connectivity index (χ2v) is 5.46. The van der Waals surface area contributed by atoms with Crippen LogP contribution in [0, 0.1) is 0 Å². The van der Waals surface area contributed by atoms with Crippen molar-refractivity contribution in [1.82, 2.24) is 19.9 Å². The SMILES string of the molecule is CCN(CC)C(=O)CN1CCCN(Cc2ccon2)CC1. The van der Waals surface area contributed by atoms with Gasteiger partial charge in [-0.15, -0.1) is 0 Å². The fourth-order valence-electron chi connectivity index (χ4n) is 2.76. The van der Waals surface area contributed by atoms with Gasteiger partial charge in [0.15, 0.2) is 0 Å². The number of amides is 1. The average Bonchev–Trinajstić information content (AvgIpc) is 2.88. The van der Waals surface area contributed by atoms with Crippen molar-refractivity contribution in [2.24, 2.45) is 0 Å². The molecule has 0 radical (unpaired) electrons. The van der Waals surface area contributed by atoms with Gasteiger partial charge in [-0.25, -0.2) is 0 Å². The molecule has 118 valence electrons. The van der Waals surface area contributed by atoms with Gasteiger partial charge in [-0.05, 0) is 33.4 Å². The highest BCUT2D eigenvalue weighted by atomic mass is 16.5. The summed E-state index contributed by atoms with van der Waals surface area (Å²) in [5.74, 6) is 0.241. The Morgan fingerprint density at radius 1 is 1.24 bits per heavy atom. The lowest BCUT2D eigenvalue weighted by Gasteiger charge is -2.25. The van der Waals surface area contributed by atoms with Crippen LogP contribution < -0.4 is 0 Å². The molecule has 0 aromatic carbocycles. The van der Waals surface area contributed by atoms with Gasteiger partial charge >= 0.3 is 0 Å². The van der Waals surface area contributed by atoms with Crippen LogP contribution >= 0.6 is 0 Å². The molecule has 1 aliphatic rings. The minimum absolute atomic E-state index is 0.241. The van der Waals surface area contributed by atoms with Crippen LogP contribution in [0.15, 0.2) is 16.9 Å². The fourth-order valence-corrected chi connectivity index (χ4v) is 2.76. The van der Waals surface area contributed by atoms with E-state index in [0.717, 1.165) is 57.9 Å². The minimum atomic E-state index is 0.241. The van der Waals surface area contributed by atoms with Crippen molar-refractivity contribution in [3.63, 3.8) is 0 Å². The van der Waals surface area contributed by atoms with Gasteiger partial charge in [0.2, 0.25) is 5.91 Å². The van der Waals surface area contributed by atoms with Crippen LogP contribution in [0.2, 0.25) is 0 Å². The van der Waals surface area contributed by atoms with Crippen LogP contribution in [0.4, 0.5) is 0 Å². The van der Waals surface area contributed by atoms with E-state index in [4.69, 9.17) is 4.52 Å². The zero-order chi connectivity index (χ0) is 15.1. The maximum atomic E-state index is 12.2. The first kappa shape index (κ1) is 16.0. The Labute approximate surface area is 126 Å². The van der Waals surface area contributed by atoms with Gasteiger partial charge in [0.05, 0.1) is 12.2 Å². The van der Waals surface area contributed by atoms with Gasteiger partial charge in [-0.3, -0.25) is 14.6 Å². The molecule has 1 aromatic heterocycles. The molecule has 0 spiro atoms. The third-order valence-corrected chi connectivity index (χ3v) is 4.03. The van der Waals surface area contributed by atoms with Crippen molar-refractivity contribution >= 4 is 5.91 Å². The molecule has 0 saturated carbocycles. The summed E-state index contributed by atoms with van der Waals surface area (Å²) >= 11 is 0. The molecule has 0 bridgehead atoms. The first-order chi connectivity index (χ1) is 10.2. The molecule has 2 rings (SSSR count). The fraction of sp³-hybridized carbons (Fsp3) is 0.733. The second-order valence-electron chi connectivity index (χ2n) is 5.46. The lowest BCUT2D eigenvalue weighted by molar-refractivity contribution is -0.132. The summed E-state index contributed by atoms with van der Waals surface area (Å²) in [6.45, 7) is 11.0. The Bertz CT molecular complexity index is 417. The summed E-state index contributed by atoms with van der Waals surface area (Å²) in [4.78, 5) is 18.7. The molecule has 2 heterocycles. The van der Waals surface area contributed by atoms with Crippen molar-refractivity contribution in [3.05, 3.63) is 18.0 Å². The van der Waals surface area contributed by atoms with E-state index in [-0.39, 0.29) is 5.91 Å². The van der Waals surface area contributed by atoms with Gasteiger partial charge in [0.25, 0.3) is 0 Å².